The molecule has 0 spiro atoms. The number of amides is 2. The van der Waals surface area contributed by atoms with Gasteiger partial charge in [-0.1, -0.05) is 0 Å². The van der Waals surface area contributed by atoms with Gasteiger partial charge in [0.15, 0.2) is 5.82 Å². The molecule has 2 heterocycles. The maximum atomic E-state index is 11.8. The van der Waals surface area contributed by atoms with E-state index in [9.17, 15) is 9.59 Å². The molecule has 0 saturated carbocycles. The fourth-order valence-electron chi connectivity index (χ4n) is 1.25. The van der Waals surface area contributed by atoms with Crippen molar-refractivity contribution in [3.63, 3.8) is 0 Å². The summed E-state index contributed by atoms with van der Waals surface area (Å²) in [7, 11) is 0. The topological polar surface area (TPSA) is 104 Å². The summed E-state index contributed by atoms with van der Waals surface area (Å²) in [5.74, 6) is -0.884. The van der Waals surface area contributed by atoms with Gasteiger partial charge in [0.1, 0.15) is 14.2 Å². The number of anilines is 2. The molecule has 104 valence electrons. The smallest absolute Gasteiger partial charge is 0.338 e. The lowest BCUT2D eigenvalue weighted by atomic mass is 10.3. The third kappa shape index (κ3) is 3.52. The number of rotatable bonds is 3. The van der Waals surface area contributed by atoms with Crippen molar-refractivity contribution in [1.82, 2.24) is 9.97 Å². The summed E-state index contributed by atoms with van der Waals surface area (Å²) in [6.45, 7) is 0. The van der Waals surface area contributed by atoms with Crippen LogP contribution >= 0.6 is 43.2 Å². The maximum Gasteiger partial charge on any atom is 0.338 e. The minimum absolute atomic E-state index is 0.0334. The first-order chi connectivity index (χ1) is 9.47. The van der Waals surface area contributed by atoms with Crippen molar-refractivity contribution < 1.29 is 14.7 Å². The molecule has 0 fully saturated rings. The van der Waals surface area contributed by atoms with E-state index in [1.54, 1.807) is 5.38 Å². The van der Waals surface area contributed by atoms with Gasteiger partial charge in [0.2, 0.25) is 0 Å². The second kappa shape index (κ2) is 6.29. The van der Waals surface area contributed by atoms with E-state index in [2.05, 4.69) is 52.5 Å². The minimum atomic E-state index is -1.11. The lowest BCUT2D eigenvalue weighted by Gasteiger charge is -2.07. The second-order valence-electron chi connectivity index (χ2n) is 3.38. The number of carboxylic acid groups (broad SMARTS) is 1. The van der Waals surface area contributed by atoms with Crippen molar-refractivity contribution in [3.8, 4) is 0 Å². The summed E-state index contributed by atoms with van der Waals surface area (Å²) in [5, 5.41) is 15.7. The normalized spacial score (nSPS) is 10.1. The molecule has 0 atom stereocenters. The predicted molar refractivity (Wildman–Crippen MR) is 81.4 cm³/mol. The average molecular weight is 422 g/mol. The van der Waals surface area contributed by atoms with Crippen LogP contribution in [0.1, 0.15) is 10.4 Å². The van der Waals surface area contributed by atoms with Gasteiger partial charge in [-0.2, -0.15) is 0 Å². The Kier molecular flexibility index (Phi) is 4.68. The first-order valence-electron chi connectivity index (χ1n) is 5.04. The van der Waals surface area contributed by atoms with E-state index < -0.39 is 12.0 Å². The number of nitrogens with zero attached hydrogens (tertiary/aromatic N) is 2. The monoisotopic (exact) mass is 420 g/mol. The highest BCUT2D eigenvalue weighted by Crippen LogP contribution is 2.24. The highest BCUT2D eigenvalue weighted by Gasteiger charge is 2.15. The summed E-state index contributed by atoms with van der Waals surface area (Å²) < 4.78 is 0.869. The molecule has 20 heavy (non-hydrogen) atoms. The lowest BCUT2D eigenvalue weighted by Crippen LogP contribution is -2.21. The predicted octanol–water partition coefficient (Wildman–Crippen LogP) is 3.41. The Hall–Kier alpha value is -1.52. The number of thiophene rings is 1. The van der Waals surface area contributed by atoms with Crippen LogP contribution in [-0.2, 0) is 0 Å². The van der Waals surface area contributed by atoms with E-state index in [-0.39, 0.29) is 16.4 Å². The molecule has 2 aromatic rings. The minimum Gasteiger partial charge on any atom is -0.478 e. The number of urea groups is 1. The number of aromatic carboxylic acids is 1. The van der Waals surface area contributed by atoms with Crippen LogP contribution in [-0.4, -0.2) is 27.1 Å². The molecule has 2 aromatic heterocycles. The number of hydrogen-bond donors (Lipinski definition) is 3. The first-order valence-corrected chi connectivity index (χ1v) is 7.50. The van der Waals surface area contributed by atoms with Crippen LogP contribution in [0.4, 0.5) is 15.6 Å². The Morgan fingerprint density at radius 2 is 2.05 bits per heavy atom. The van der Waals surface area contributed by atoms with Crippen LogP contribution in [0.5, 0.6) is 0 Å². The van der Waals surface area contributed by atoms with E-state index >= 15 is 0 Å². The zero-order valence-electron chi connectivity index (χ0n) is 9.55. The molecule has 7 nitrogen and oxygen atoms in total. The first kappa shape index (κ1) is 14.9. The summed E-state index contributed by atoms with van der Waals surface area (Å²) >= 11 is 7.41. The molecule has 2 rings (SSSR count). The number of carbonyl (C=O) groups is 2. The molecule has 0 aliphatic rings. The Balaban J connectivity index is 2.09. The molecular weight excluding hydrogens is 416 g/mol. The quantitative estimate of drug-likeness (QED) is 0.704. The van der Waals surface area contributed by atoms with E-state index in [4.69, 9.17) is 5.11 Å². The Bertz CT molecular complexity index is 676. The molecule has 3 N–H and O–H groups in total. The van der Waals surface area contributed by atoms with Crippen LogP contribution in [0.2, 0.25) is 0 Å². The van der Waals surface area contributed by atoms with Gasteiger partial charge in [0, 0.05) is 0 Å². The van der Waals surface area contributed by atoms with E-state index in [1.807, 2.05) is 0 Å². The zero-order valence-corrected chi connectivity index (χ0v) is 13.5. The van der Waals surface area contributed by atoms with Crippen LogP contribution in [0.3, 0.4) is 0 Å². The third-order valence-corrected chi connectivity index (χ3v) is 3.82. The zero-order chi connectivity index (χ0) is 14.7. The van der Waals surface area contributed by atoms with Crippen LogP contribution < -0.4 is 10.6 Å². The van der Waals surface area contributed by atoms with Crippen molar-refractivity contribution in [2.24, 2.45) is 0 Å². The van der Waals surface area contributed by atoms with Crippen LogP contribution in [0, 0.1) is 0 Å². The Morgan fingerprint density at radius 3 is 2.70 bits per heavy atom. The summed E-state index contributed by atoms with van der Waals surface area (Å²) in [6, 6.07) is 0.810. The van der Waals surface area contributed by atoms with Crippen molar-refractivity contribution in [2.75, 3.05) is 10.6 Å². The fraction of sp³-hybridized carbons (Fsp3) is 0. The number of aromatic nitrogens is 2. The number of hydrogen-bond acceptors (Lipinski definition) is 5. The highest BCUT2D eigenvalue weighted by atomic mass is 79.9. The van der Waals surface area contributed by atoms with Crippen molar-refractivity contribution in [3.05, 3.63) is 32.4 Å². The van der Waals surface area contributed by atoms with Crippen LogP contribution in [0.15, 0.2) is 26.8 Å². The molecule has 0 aromatic carbocycles. The SMILES string of the molecule is O=C(Nc1ncc(Br)nc1Br)Nc1sccc1C(=O)O. The molecule has 10 heteroatoms. The average Bonchev–Trinajstić information content (AvgIpc) is 2.81. The lowest BCUT2D eigenvalue weighted by molar-refractivity contribution is 0.0698. The number of nitrogens with one attached hydrogen (secondary N) is 2. The van der Waals surface area contributed by atoms with Gasteiger partial charge in [0.05, 0.1) is 11.8 Å². The third-order valence-electron chi connectivity index (χ3n) is 2.06. The maximum absolute atomic E-state index is 11.8. The molecular formula is C10H6Br2N4O3S. The van der Waals surface area contributed by atoms with Gasteiger partial charge in [-0.25, -0.2) is 19.6 Å². The molecule has 0 unspecified atom stereocenters. The Morgan fingerprint density at radius 1 is 1.30 bits per heavy atom. The van der Waals surface area contributed by atoms with Gasteiger partial charge in [-0.15, -0.1) is 11.3 Å². The molecule has 2 amide bonds. The molecule has 0 aliphatic heterocycles. The van der Waals surface area contributed by atoms with Crippen molar-refractivity contribution >= 4 is 66.0 Å². The van der Waals surface area contributed by atoms with E-state index in [1.165, 1.54) is 12.3 Å². The van der Waals surface area contributed by atoms with Crippen LogP contribution in [0.25, 0.3) is 0 Å². The summed E-state index contributed by atoms with van der Waals surface area (Å²) in [5.41, 5.74) is 0.0334. The number of halogens is 2. The largest absolute Gasteiger partial charge is 0.478 e. The standard InChI is InChI=1S/C10H6Br2N4O3S/c11-5-3-13-7(6(12)14-5)15-10(19)16-8-4(9(17)18)1-2-20-8/h1-3H,(H,17,18)(H2,13,15,16,19). The van der Waals surface area contributed by atoms with Gasteiger partial charge in [0.25, 0.3) is 0 Å². The van der Waals surface area contributed by atoms with Crippen molar-refractivity contribution in [2.45, 2.75) is 0 Å². The van der Waals surface area contributed by atoms with Gasteiger partial charge in [-0.05, 0) is 43.3 Å². The Labute approximate surface area is 133 Å². The summed E-state index contributed by atoms with van der Waals surface area (Å²) in [6.07, 6.45) is 1.42. The van der Waals surface area contributed by atoms with Crippen molar-refractivity contribution in [1.29, 1.82) is 0 Å². The number of carbonyl (C=O) groups excluding carboxylic acids is 1. The van der Waals surface area contributed by atoms with Gasteiger partial charge in [-0.3, -0.25) is 10.6 Å². The summed E-state index contributed by atoms with van der Waals surface area (Å²) in [4.78, 5) is 30.7. The number of carboxylic acids is 1. The molecule has 0 aliphatic carbocycles. The molecule has 0 bridgehead atoms. The van der Waals surface area contributed by atoms with E-state index in [0.717, 1.165) is 11.3 Å². The molecule has 0 radical (unpaired) electrons. The second-order valence-corrected chi connectivity index (χ2v) is 5.86. The molecule has 0 saturated heterocycles. The van der Waals surface area contributed by atoms with Gasteiger partial charge < -0.3 is 5.11 Å². The fourth-order valence-corrected chi connectivity index (χ4v) is 2.93. The van der Waals surface area contributed by atoms with Gasteiger partial charge >= 0.3 is 12.0 Å². The van der Waals surface area contributed by atoms with E-state index in [0.29, 0.717) is 9.21 Å². The highest BCUT2D eigenvalue weighted by molar-refractivity contribution is 9.11.